The van der Waals surface area contributed by atoms with Crippen LogP contribution < -0.4 is 0 Å². The first-order valence-corrected chi connectivity index (χ1v) is 7.62. The van der Waals surface area contributed by atoms with Gasteiger partial charge >= 0.3 is 0 Å². The first-order valence-electron chi connectivity index (χ1n) is 4.83. The molecule has 0 aliphatic heterocycles. The van der Waals surface area contributed by atoms with Crippen LogP contribution in [-0.4, -0.2) is 60.0 Å². The molecule has 0 aromatic rings. The summed E-state index contributed by atoms with van der Waals surface area (Å²) in [7, 11) is -2.13. The second kappa shape index (κ2) is 5.86. The van der Waals surface area contributed by atoms with E-state index in [2.05, 4.69) is 0 Å². The molecular weight excluding hydrogens is 201 g/mol. The molecule has 2 atom stereocenters. The lowest BCUT2D eigenvalue weighted by atomic mass is 10.3. The molecule has 0 aliphatic carbocycles. The Morgan fingerprint density at radius 3 is 1.71 bits per heavy atom. The molecule has 0 aromatic carbocycles. The summed E-state index contributed by atoms with van der Waals surface area (Å²) in [5.41, 5.74) is 0. The Kier molecular flexibility index (Phi) is 5.91. The van der Waals surface area contributed by atoms with Gasteiger partial charge in [0.2, 0.25) is 0 Å². The van der Waals surface area contributed by atoms with Gasteiger partial charge in [-0.3, -0.25) is 4.90 Å². The second-order valence-electron chi connectivity index (χ2n) is 4.45. The van der Waals surface area contributed by atoms with Crippen LogP contribution in [0.2, 0.25) is 0 Å². The lowest BCUT2D eigenvalue weighted by Gasteiger charge is -2.26. The van der Waals surface area contributed by atoms with E-state index in [1.54, 1.807) is 27.2 Å². The summed E-state index contributed by atoms with van der Waals surface area (Å²) >= 11 is 0. The van der Waals surface area contributed by atoms with Gasteiger partial charge in [-0.15, -0.1) is 0 Å². The molecule has 0 amide bonds. The smallest absolute Gasteiger partial charge is 0.0951 e. The van der Waals surface area contributed by atoms with E-state index in [1.165, 1.54) is 0 Å². The van der Waals surface area contributed by atoms with Crippen LogP contribution >= 0.6 is 7.14 Å². The molecule has 0 radical (unpaired) electrons. The van der Waals surface area contributed by atoms with Gasteiger partial charge in [0.15, 0.2) is 0 Å². The molecule has 0 bridgehead atoms. The molecule has 0 heterocycles. The van der Waals surface area contributed by atoms with Gasteiger partial charge < -0.3 is 14.8 Å². The van der Waals surface area contributed by atoms with E-state index in [-0.39, 0.29) is 0 Å². The number of nitrogens with zero attached hydrogens (tertiary/aromatic N) is 1. The summed E-state index contributed by atoms with van der Waals surface area (Å²) < 4.78 is 11.6. The normalized spacial score (nSPS) is 17.1. The van der Waals surface area contributed by atoms with Crippen molar-refractivity contribution >= 4 is 7.14 Å². The minimum Gasteiger partial charge on any atom is -0.392 e. The van der Waals surface area contributed by atoms with Gasteiger partial charge in [0.1, 0.15) is 0 Å². The Morgan fingerprint density at radius 2 is 1.50 bits per heavy atom. The molecule has 86 valence electrons. The SMILES string of the molecule is CC(O)CN(CC(C)O)CP(C)(C)=O. The van der Waals surface area contributed by atoms with Crippen molar-refractivity contribution in [1.82, 2.24) is 4.90 Å². The van der Waals surface area contributed by atoms with E-state index in [9.17, 15) is 14.8 Å². The Bertz CT molecular complexity index is 190. The summed E-state index contributed by atoms with van der Waals surface area (Å²) in [6, 6.07) is 0. The number of rotatable bonds is 6. The highest BCUT2D eigenvalue weighted by atomic mass is 31.2. The molecular formula is C9H22NO3P. The fourth-order valence-electron chi connectivity index (χ4n) is 1.42. The summed E-state index contributed by atoms with van der Waals surface area (Å²) in [6.45, 7) is 7.71. The molecule has 0 aromatic heterocycles. The van der Waals surface area contributed by atoms with Gasteiger partial charge in [0, 0.05) is 13.1 Å². The molecule has 0 fully saturated rings. The first kappa shape index (κ1) is 14.1. The molecule has 2 unspecified atom stereocenters. The van der Waals surface area contributed by atoms with Crippen molar-refractivity contribution in [3.8, 4) is 0 Å². The van der Waals surface area contributed by atoms with Gasteiger partial charge in [-0.25, -0.2) is 0 Å². The third-order valence-corrected chi connectivity index (χ3v) is 2.67. The van der Waals surface area contributed by atoms with Crippen molar-refractivity contribution in [3.05, 3.63) is 0 Å². The van der Waals surface area contributed by atoms with E-state index in [0.717, 1.165) is 0 Å². The zero-order chi connectivity index (χ0) is 11.4. The zero-order valence-corrected chi connectivity index (χ0v) is 10.4. The second-order valence-corrected chi connectivity index (χ2v) is 7.88. The van der Waals surface area contributed by atoms with Crippen LogP contribution in [0, 0.1) is 0 Å². The minimum atomic E-state index is -2.13. The number of aliphatic hydroxyl groups is 2. The molecule has 14 heavy (non-hydrogen) atoms. The topological polar surface area (TPSA) is 60.8 Å². The van der Waals surface area contributed by atoms with E-state index in [0.29, 0.717) is 19.4 Å². The van der Waals surface area contributed by atoms with Crippen molar-refractivity contribution in [2.75, 3.05) is 32.7 Å². The lowest BCUT2D eigenvalue weighted by Crippen LogP contribution is -2.36. The fraction of sp³-hybridized carbons (Fsp3) is 1.00. The Hall–Kier alpha value is 0.110. The molecule has 0 aliphatic rings. The quantitative estimate of drug-likeness (QED) is 0.648. The van der Waals surface area contributed by atoms with Crippen molar-refractivity contribution in [2.45, 2.75) is 26.1 Å². The Labute approximate surface area is 86.3 Å². The van der Waals surface area contributed by atoms with E-state index >= 15 is 0 Å². The summed E-state index contributed by atoms with van der Waals surface area (Å²) in [6.07, 6.45) is -0.469. The highest BCUT2D eigenvalue weighted by Gasteiger charge is 2.17. The van der Waals surface area contributed by atoms with Crippen molar-refractivity contribution in [1.29, 1.82) is 0 Å². The molecule has 0 spiro atoms. The van der Waals surface area contributed by atoms with Crippen molar-refractivity contribution in [2.24, 2.45) is 0 Å². The summed E-state index contributed by atoms with van der Waals surface area (Å²) in [5, 5.41) is 18.4. The van der Waals surface area contributed by atoms with Crippen molar-refractivity contribution in [3.63, 3.8) is 0 Å². The van der Waals surface area contributed by atoms with Gasteiger partial charge in [-0.05, 0) is 27.2 Å². The van der Waals surface area contributed by atoms with E-state index < -0.39 is 19.3 Å². The fourth-order valence-corrected chi connectivity index (χ4v) is 2.61. The minimum absolute atomic E-state index is 0.447. The lowest BCUT2D eigenvalue weighted by molar-refractivity contribution is 0.0942. The number of hydrogen-bond donors (Lipinski definition) is 2. The summed E-state index contributed by atoms with van der Waals surface area (Å²) in [5.74, 6) is 0. The largest absolute Gasteiger partial charge is 0.392 e. The van der Waals surface area contributed by atoms with Crippen LogP contribution in [0.15, 0.2) is 0 Å². The zero-order valence-electron chi connectivity index (χ0n) is 9.47. The van der Waals surface area contributed by atoms with Crippen LogP contribution in [0.1, 0.15) is 13.8 Å². The van der Waals surface area contributed by atoms with Gasteiger partial charge in [0.25, 0.3) is 0 Å². The van der Waals surface area contributed by atoms with Crippen LogP contribution in [0.4, 0.5) is 0 Å². The highest BCUT2D eigenvalue weighted by molar-refractivity contribution is 7.62. The predicted octanol–water partition coefficient (Wildman–Crippen LogP) is 0.630. The van der Waals surface area contributed by atoms with Crippen LogP contribution in [0.3, 0.4) is 0 Å². The predicted molar refractivity (Wildman–Crippen MR) is 59.3 cm³/mol. The summed E-state index contributed by atoms with van der Waals surface area (Å²) in [4.78, 5) is 1.84. The maximum absolute atomic E-state index is 11.6. The van der Waals surface area contributed by atoms with E-state index in [1.807, 2.05) is 4.90 Å². The van der Waals surface area contributed by atoms with Gasteiger partial charge in [-0.1, -0.05) is 0 Å². The third-order valence-electron chi connectivity index (χ3n) is 1.59. The number of hydrogen-bond acceptors (Lipinski definition) is 4. The average Bonchev–Trinajstić information content (AvgIpc) is 1.77. The standard InChI is InChI=1S/C9H22NO3P/c1-8(11)5-10(6-9(2)12)7-14(3,4)13/h8-9,11-12H,5-7H2,1-4H3. The molecule has 0 saturated heterocycles. The third kappa shape index (κ3) is 8.70. The highest BCUT2D eigenvalue weighted by Crippen LogP contribution is 2.36. The van der Waals surface area contributed by atoms with E-state index in [4.69, 9.17) is 0 Å². The Morgan fingerprint density at radius 1 is 1.14 bits per heavy atom. The van der Waals surface area contributed by atoms with Gasteiger partial charge in [0.05, 0.1) is 25.6 Å². The molecule has 5 heteroatoms. The van der Waals surface area contributed by atoms with Crippen LogP contribution in [0.25, 0.3) is 0 Å². The molecule has 2 N–H and O–H groups in total. The Balaban J connectivity index is 4.18. The first-order chi connectivity index (χ1) is 6.20. The van der Waals surface area contributed by atoms with Gasteiger partial charge in [-0.2, -0.15) is 0 Å². The maximum Gasteiger partial charge on any atom is 0.0951 e. The van der Waals surface area contributed by atoms with Crippen LogP contribution in [0.5, 0.6) is 0 Å². The molecule has 0 saturated carbocycles. The monoisotopic (exact) mass is 223 g/mol. The average molecular weight is 223 g/mol. The number of aliphatic hydroxyl groups excluding tert-OH is 2. The molecule has 4 nitrogen and oxygen atoms in total. The van der Waals surface area contributed by atoms with Crippen LogP contribution in [-0.2, 0) is 4.57 Å². The maximum atomic E-state index is 11.6. The molecule has 0 rings (SSSR count). The van der Waals surface area contributed by atoms with Crippen molar-refractivity contribution < 1.29 is 14.8 Å².